The number of hydrogen-bond donors (Lipinski definition) is 0. The van der Waals surface area contributed by atoms with Gasteiger partial charge in [-0.05, 0) is 6.07 Å². The molecule has 2 nitrogen and oxygen atoms in total. The summed E-state index contributed by atoms with van der Waals surface area (Å²) < 4.78 is 4.61. The van der Waals surface area contributed by atoms with Gasteiger partial charge in [0.2, 0.25) is 0 Å². The predicted octanol–water partition coefficient (Wildman–Crippen LogP) is 1.21. The molecule has 37 valence electrons. The maximum atomic E-state index is 9.93. The average Bonchev–Trinajstić information content (AvgIpc) is 2.14. The van der Waals surface area contributed by atoms with Gasteiger partial charge < -0.3 is 4.42 Å². The molecule has 1 aromatic rings. The van der Waals surface area contributed by atoms with Gasteiger partial charge in [0.1, 0.15) is 6.61 Å². The molecule has 1 radical (unpaired) electrons. The van der Waals surface area contributed by atoms with Gasteiger partial charge in [0, 0.05) is 5.56 Å². The molecule has 0 fully saturated rings. The van der Waals surface area contributed by atoms with Gasteiger partial charge in [-0.25, -0.2) is 5.11 Å². The SMILES string of the molecule is [O]Cc1ccoc1. The fourth-order valence-electron chi connectivity index (χ4n) is 0.375. The Balaban J connectivity index is 2.76. The highest BCUT2D eigenvalue weighted by Crippen LogP contribution is 1.97. The van der Waals surface area contributed by atoms with Crippen molar-refractivity contribution in [2.75, 3.05) is 0 Å². The van der Waals surface area contributed by atoms with Crippen molar-refractivity contribution in [3.05, 3.63) is 24.2 Å². The molecule has 0 aliphatic rings. The average molecular weight is 97.1 g/mol. The van der Waals surface area contributed by atoms with Crippen LogP contribution in [0.2, 0.25) is 0 Å². The zero-order valence-electron chi connectivity index (χ0n) is 3.76. The summed E-state index contributed by atoms with van der Waals surface area (Å²) in [4.78, 5) is 0. The maximum Gasteiger partial charge on any atom is 0.110 e. The molecule has 2 heteroatoms. The monoisotopic (exact) mass is 97.0 g/mol. The second kappa shape index (κ2) is 1.80. The first-order chi connectivity index (χ1) is 3.43. The van der Waals surface area contributed by atoms with E-state index in [1.54, 1.807) is 6.07 Å². The predicted molar refractivity (Wildman–Crippen MR) is 23.1 cm³/mol. The van der Waals surface area contributed by atoms with Crippen molar-refractivity contribution < 1.29 is 9.52 Å². The largest absolute Gasteiger partial charge is 0.472 e. The van der Waals surface area contributed by atoms with Crippen molar-refractivity contribution in [1.29, 1.82) is 0 Å². The van der Waals surface area contributed by atoms with E-state index in [0.29, 0.717) is 5.56 Å². The van der Waals surface area contributed by atoms with E-state index in [2.05, 4.69) is 4.42 Å². The van der Waals surface area contributed by atoms with E-state index in [9.17, 15) is 5.11 Å². The molecule has 1 rings (SSSR count). The summed E-state index contributed by atoms with van der Waals surface area (Å²) in [7, 11) is 0. The standard InChI is InChI=1S/C5H5O2/c6-3-5-1-2-7-4-5/h1-2,4H,3H2. The van der Waals surface area contributed by atoms with Crippen LogP contribution in [0.1, 0.15) is 5.56 Å². The molecule has 1 heterocycles. The van der Waals surface area contributed by atoms with Gasteiger partial charge in [0.05, 0.1) is 12.5 Å². The van der Waals surface area contributed by atoms with E-state index < -0.39 is 0 Å². The van der Waals surface area contributed by atoms with Crippen molar-refractivity contribution in [1.82, 2.24) is 0 Å². The Morgan fingerprint density at radius 3 is 2.86 bits per heavy atom. The van der Waals surface area contributed by atoms with Crippen LogP contribution in [-0.4, -0.2) is 0 Å². The van der Waals surface area contributed by atoms with E-state index in [1.807, 2.05) is 0 Å². The second-order valence-corrected chi connectivity index (χ2v) is 1.28. The molecule has 7 heavy (non-hydrogen) atoms. The smallest absolute Gasteiger partial charge is 0.110 e. The fraction of sp³-hybridized carbons (Fsp3) is 0.200. The molecule has 0 N–H and O–H groups in total. The van der Waals surface area contributed by atoms with Gasteiger partial charge in [0.15, 0.2) is 0 Å². The normalized spacial score (nSPS) is 9.29. The van der Waals surface area contributed by atoms with E-state index in [4.69, 9.17) is 0 Å². The summed E-state index contributed by atoms with van der Waals surface area (Å²) in [5, 5.41) is 9.93. The Kier molecular flexibility index (Phi) is 1.13. The van der Waals surface area contributed by atoms with Gasteiger partial charge >= 0.3 is 0 Å². The van der Waals surface area contributed by atoms with Crippen molar-refractivity contribution in [2.24, 2.45) is 0 Å². The van der Waals surface area contributed by atoms with Crippen molar-refractivity contribution >= 4 is 0 Å². The minimum absolute atomic E-state index is 0.184. The van der Waals surface area contributed by atoms with E-state index in [0.717, 1.165) is 0 Å². The highest BCUT2D eigenvalue weighted by molar-refractivity contribution is 5.02. The lowest BCUT2D eigenvalue weighted by Crippen LogP contribution is -1.69. The molecule has 0 unspecified atom stereocenters. The molecule has 0 saturated heterocycles. The molecule has 0 aliphatic heterocycles. The highest BCUT2D eigenvalue weighted by Gasteiger charge is 1.86. The van der Waals surface area contributed by atoms with Crippen LogP contribution in [0.15, 0.2) is 23.0 Å². The van der Waals surface area contributed by atoms with Crippen LogP contribution >= 0.6 is 0 Å². The van der Waals surface area contributed by atoms with E-state index in [-0.39, 0.29) is 6.61 Å². The minimum Gasteiger partial charge on any atom is -0.472 e. The Labute approximate surface area is 41.4 Å². The summed E-state index contributed by atoms with van der Waals surface area (Å²) in [5.41, 5.74) is 0.708. The Morgan fingerprint density at radius 1 is 1.71 bits per heavy atom. The van der Waals surface area contributed by atoms with Crippen LogP contribution in [0.5, 0.6) is 0 Å². The molecule has 0 atom stereocenters. The van der Waals surface area contributed by atoms with Crippen molar-refractivity contribution in [3.63, 3.8) is 0 Å². The summed E-state index contributed by atoms with van der Waals surface area (Å²) in [6, 6.07) is 1.66. The quantitative estimate of drug-likeness (QED) is 0.518. The van der Waals surface area contributed by atoms with Gasteiger partial charge in [-0.15, -0.1) is 0 Å². The summed E-state index contributed by atoms with van der Waals surface area (Å²) >= 11 is 0. The maximum absolute atomic E-state index is 9.93. The summed E-state index contributed by atoms with van der Waals surface area (Å²) in [6.07, 6.45) is 2.94. The van der Waals surface area contributed by atoms with Crippen LogP contribution < -0.4 is 0 Å². The fourth-order valence-corrected chi connectivity index (χ4v) is 0.375. The molecule has 0 bridgehead atoms. The highest BCUT2D eigenvalue weighted by atomic mass is 16.3. The Morgan fingerprint density at radius 2 is 2.57 bits per heavy atom. The third-order valence-electron chi connectivity index (χ3n) is 0.747. The lowest BCUT2D eigenvalue weighted by atomic mass is 10.4. The topological polar surface area (TPSA) is 33.0 Å². The zero-order chi connectivity index (χ0) is 5.11. The molecular formula is C5H5O2. The van der Waals surface area contributed by atoms with Gasteiger partial charge in [-0.3, -0.25) is 0 Å². The molecular weight excluding hydrogens is 92.1 g/mol. The minimum atomic E-state index is -0.184. The van der Waals surface area contributed by atoms with E-state index >= 15 is 0 Å². The number of furan rings is 1. The first kappa shape index (κ1) is 4.40. The second-order valence-electron chi connectivity index (χ2n) is 1.28. The number of rotatable bonds is 1. The molecule has 0 aromatic carbocycles. The lowest BCUT2D eigenvalue weighted by molar-refractivity contribution is 0.177. The first-order valence-corrected chi connectivity index (χ1v) is 2.02. The lowest BCUT2D eigenvalue weighted by Gasteiger charge is -1.73. The van der Waals surface area contributed by atoms with Crippen molar-refractivity contribution in [3.8, 4) is 0 Å². The van der Waals surface area contributed by atoms with Crippen molar-refractivity contribution in [2.45, 2.75) is 6.61 Å². The van der Waals surface area contributed by atoms with Crippen LogP contribution in [0.25, 0.3) is 0 Å². The van der Waals surface area contributed by atoms with Gasteiger partial charge in [0.25, 0.3) is 0 Å². The molecule has 0 spiro atoms. The molecule has 0 aliphatic carbocycles. The van der Waals surface area contributed by atoms with E-state index in [1.165, 1.54) is 12.5 Å². The third-order valence-corrected chi connectivity index (χ3v) is 0.747. The zero-order valence-corrected chi connectivity index (χ0v) is 3.76. The van der Waals surface area contributed by atoms with Crippen LogP contribution in [0.3, 0.4) is 0 Å². The Hall–Kier alpha value is -0.760. The van der Waals surface area contributed by atoms with Gasteiger partial charge in [-0.2, -0.15) is 0 Å². The third kappa shape index (κ3) is 0.810. The van der Waals surface area contributed by atoms with Crippen LogP contribution in [0.4, 0.5) is 0 Å². The molecule has 0 saturated carbocycles. The van der Waals surface area contributed by atoms with Crippen LogP contribution in [0, 0.1) is 0 Å². The van der Waals surface area contributed by atoms with Crippen LogP contribution in [-0.2, 0) is 11.7 Å². The Bertz CT molecular complexity index is 121. The first-order valence-electron chi connectivity index (χ1n) is 2.02. The molecule has 0 amide bonds. The summed E-state index contributed by atoms with van der Waals surface area (Å²) in [5.74, 6) is 0. The number of hydrogen-bond acceptors (Lipinski definition) is 1. The summed E-state index contributed by atoms with van der Waals surface area (Å²) in [6.45, 7) is -0.184. The molecule has 1 aromatic heterocycles. The van der Waals surface area contributed by atoms with Gasteiger partial charge in [-0.1, -0.05) is 0 Å².